The van der Waals surface area contributed by atoms with Crippen molar-refractivity contribution in [3.05, 3.63) is 29.8 Å². The molecule has 1 aliphatic rings. The van der Waals surface area contributed by atoms with Crippen molar-refractivity contribution in [2.45, 2.75) is 32.3 Å². The predicted octanol–water partition coefficient (Wildman–Crippen LogP) is 2.57. The van der Waals surface area contributed by atoms with Crippen LogP contribution in [0.25, 0.3) is 5.69 Å². The zero-order valence-corrected chi connectivity index (χ0v) is 15.2. The first-order valence-corrected chi connectivity index (χ1v) is 9.27. The van der Waals surface area contributed by atoms with Crippen LogP contribution in [0.4, 0.5) is 0 Å². The van der Waals surface area contributed by atoms with E-state index in [4.69, 9.17) is 0 Å². The molecule has 24 heavy (non-hydrogen) atoms. The molecule has 1 amide bonds. The first-order chi connectivity index (χ1) is 11.5. The molecule has 1 fully saturated rings. The number of tetrazole rings is 1. The van der Waals surface area contributed by atoms with E-state index in [1.165, 1.54) is 18.2 Å². The van der Waals surface area contributed by atoms with Gasteiger partial charge in [0.25, 0.3) is 0 Å². The second-order valence-corrected chi connectivity index (χ2v) is 7.69. The van der Waals surface area contributed by atoms with Gasteiger partial charge in [0.1, 0.15) is 0 Å². The summed E-state index contributed by atoms with van der Waals surface area (Å²) < 4.78 is 1.69. The van der Waals surface area contributed by atoms with E-state index in [0.717, 1.165) is 24.3 Å². The van der Waals surface area contributed by atoms with Crippen molar-refractivity contribution in [2.75, 3.05) is 18.8 Å². The van der Waals surface area contributed by atoms with Crippen molar-refractivity contribution >= 4 is 17.7 Å². The van der Waals surface area contributed by atoms with Crippen molar-refractivity contribution in [1.82, 2.24) is 25.1 Å². The summed E-state index contributed by atoms with van der Waals surface area (Å²) in [7, 11) is 0. The van der Waals surface area contributed by atoms with E-state index in [-0.39, 0.29) is 5.91 Å². The molecule has 1 saturated heterocycles. The Bertz CT molecular complexity index is 707. The molecule has 1 aromatic carbocycles. The zero-order valence-electron chi connectivity index (χ0n) is 14.3. The standard InChI is InChI=1S/C17H23N5OS/c1-12-5-4-6-15(8-12)22-17(18-19-20-22)24-11-16(23)21-9-13(2)7-14(3)10-21/h4-6,8,13-14H,7,9-11H2,1-3H3. The molecule has 128 valence electrons. The number of benzene rings is 1. The molecule has 2 unspecified atom stereocenters. The fraction of sp³-hybridized carbons (Fsp3) is 0.529. The average Bonchev–Trinajstić information content (AvgIpc) is 3.00. The van der Waals surface area contributed by atoms with Gasteiger partial charge in [0.15, 0.2) is 0 Å². The maximum atomic E-state index is 12.5. The Labute approximate surface area is 146 Å². The number of likely N-dealkylation sites (tertiary alicyclic amines) is 1. The van der Waals surface area contributed by atoms with E-state index in [1.807, 2.05) is 36.1 Å². The van der Waals surface area contributed by atoms with Crippen molar-refractivity contribution < 1.29 is 4.79 Å². The Morgan fingerprint density at radius 1 is 1.29 bits per heavy atom. The molecular formula is C17H23N5OS. The van der Waals surface area contributed by atoms with Gasteiger partial charge < -0.3 is 4.90 Å². The minimum atomic E-state index is 0.164. The van der Waals surface area contributed by atoms with Gasteiger partial charge in [0.2, 0.25) is 11.1 Å². The number of amides is 1. The number of aromatic nitrogens is 4. The number of thioether (sulfide) groups is 1. The highest BCUT2D eigenvalue weighted by atomic mass is 32.2. The molecule has 0 radical (unpaired) electrons. The summed E-state index contributed by atoms with van der Waals surface area (Å²) in [5, 5.41) is 12.5. The molecule has 7 heteroatoms. The topological polar surface area (TPSA) is 63.9 Å². The Hall–Kier alpha value is -1.89. The number of hydrogen-bond acceptors (Lipinski definition) is 5. The zero-order chi connectivity index (χ0) is 17.1. The fourth-order valence-electron chi connectivity index (χ4n) is 3.27. The van der Waals surface area contributed by atoms with Crippen LogP contribution in [0, 0.1) is 18.8 Å². The molecular weight excluding hydrogens is 322 g/mol. The highest BCUT2D eigenvalue weighted by Crippen LogP contribution is 2.23. The third kappa shape index (κ3) is 3.95. The summed E-state index contributed by atoms with van der Waals surface area (Å²) in [6.07, 6.45) is 1.20. The molecule has 0 N–H and O–H groups in total. The van der Waals surface area contributed by atoms with Crippen molar-refractivity contribution in [3.8, 4) is 5.69 Å². The monoisotopic (exact) mass is 345 g/mol. The molecule has 1 aromatic heterocycles. The van der Waals surface area contributed by atoms with Gasteiger partial charge in [0.05, 0.1) is 11.4 Å². The van der Waals surface area contributed by atoms with Crippen molar-refractivity contribution in [3.63, 3.8) is 0 Å². The maximum absolute atomic E-state index is 12.5. The van der Waals surface area contributed by atoms with E-state index in [2.05, 4.69) is 29.4 Å². The van der Waals surface area contributed by atoms with Crippen LogP contribution in [0.3, 0.4) is 0 Å². The number of carbonyl (C=O) groups excluding carboxylic acids is 1. The maximum Gasteiger partial charge on any atom is 0.233 e. The van der Waals surface area contributed by atoms with E-state index in [9.17, 15) is 4.79 Å². The van der Waals surface area contributed by atoms with Crippen LogP contribution in [-0.2, 0) is 4.79 Å². The lowest BCUT2D eigenvalue weighted by atomic mass is 9.92. The van der Waals surface area contributed by atoms with Gasteiger partial charge in [-0.25, -0.2) is 0 Å². The molecule has 0 bridgehead atoms. The number of carbonyl (C=O) groups is 1. The molecule has 0 saturated carbocycles. The van der Waals surface area contributed by atoms with Crippen LogP contribution in [-0.4, -0.2) is 49.9 Å². The van der Waals surface area contributed by atoms with Gasteiger partial charge in [-0.05, 0) is 53.3 Å². The molecule has 2 aromatic rings. The Kier molecular flexibility index (Phi) is 5.18. The second-order valence-electron chi connectivity index (χ2n) is 6.75. The lowest BCUT2D eigenvalue weighted by molar-refractivity contribution is -0.130. The minimum Gasteiger partial charge on any atom is -0.341 e. The number of hydrogen-bond donors (Lipinski definition) is 0. The lowest BCUT2D eigenvalue weighted by Crippen LogP contribution is -2.43. The van der Waals surface area contributed by atoms with Crippen LogP contribution >= 0.6 is 11.8 Å². The second kappa shape index (κ2) is 7.34. The van der Waals surface area contributed by atoms with Crippen molar-refractivity contribution in [1.29, 1.82) is 0 Å². The van der Waals surface area contributed by atoms with Crippen LogP contribution in [0.15, 0.2) is 29.4 Å². The summed E-state index contributed by atoms with van der Waals surface area (Å²) in [5.41, 5.74) is 2.06. The number of nitrogens with zero attached hydrogens (tertiary/aromatic N) is 5. The average molecular weight is 345 g/mol. The van der Waals surface area contributed by atoms with E-state index < -0.39 is 0 Å². The van der Waals surface area contributed by atoms with Gasteiger partial charge in [-0.15, -0.1) is 5.10 Å². The number of piperidine rings is 1. The largest absolute Gasteiger partial charge is 0.341 e. The van der Waals surface area contributed by atoms with E-state index >= 15 is 0 Å². The summed E-state index contributed by atoms with van der Waals surface area (Å²) in [5.74, 6) is 1.67. The highest BCUT2D eigenvalue weighted by Gasteiger charge is 2.25. The minimum absolute atomic E-state index is 0.164. The summed E-state index contributed by atoms with van der Waals surface area (Å²) in [6, 6.07) is 7.99. The Morgan fingerprint density at radius 2 is 2.04 bits per heavy atom. The van der Waals surface area contributed by atoms with Gasteiger partial charge in [0, 0.05) is 13.1 Å². The van der Waals surface area contributed by atoms with Gasteiger partial charge in [-0.3, -0.25) is 4.79 Å². The van der Waals surface area contributed by atoms with Gasteiger partial charge in [-0.2, -0.15) is 4.68 Å². The van der Waals surface area contributed by atoms with Crippen LogP contribution in [0.1, 0.15) is 25.8 Å². The normalized spacial score (nSPS) is 21.0. The quantitative estimate of drug-likeness (QED) is 0.797. The molecule has 1 aliphatic heterocycles. The highest BCUT2D eigenvalue weighted by molar-refractivity contribution is 7.99. The molecule has 0 spiro atoms. The number of aryl methyl sites for hydroxylation is 1. The molecule has 2 heterocycles. The van der Waals surface area contributed by atoms with E-state index in [0.29, 0.717) is 22.7 Å². The third-order valence-electron chi connectivity index (χ3n) is 4.23. The third-order valence-corrected chi connectivity index (χ3v) is 5.14. The SMILES string of the molecule is Cc1cccc(-n2nnnc2SCC(=O)N2CC(C)CC(C)C2)c1. The smallest absolute Gasteiger partial charge is 0.233 e. The molecule has 0 aliphatic carbocycles. The predicted molar refractivity (Wildman–Crippen MR) is 94.1 cm³/mol. The Morgan fingerprint density at radius 3 is 2.75 bits per heavy atom. The van der Waals surface area contributed by atoms with Gasteiger partial charge >= 0.3 is 0 Å². The molecule has 6 nitrogen and oxygen atoms in total. The first-order valence-electron chi connectivity index (χ1n) is 8.29. The lowest BCUT2D eigenvalue weighted by Gasteiger charge is -2.34. The van der Waals surface area contributed by atoms with E-state index in [1.54, 1.807) is 4.68 Å². The van der Waals surface area contributed by atoms with Crippen LogP contribution in [0.2, 0.25) is 0 Å². The Balaban J connectivity index is 1.65. The molecule has 3 rings (SSSR count). The number of rotatable bonds is 4. The van der Waals surface area contributed by atoms with Crippen molar-refractivity contribution in [2.24, 2.45) is 11.8 Å². The van der Waals surface area contributed by atoms with Crippen LogP contribution < -0.4 is 0 Å². The van der Waals surface area contributed by atoms with Crippen LogP contribution in [0.5, 0.6) is 0 Å². The van der Waals surface area contributed by atoms with Gasteiger partial charge in [-0.1, -0.05) is 37.7 Å². The summed E-state index contributed by atoms with van der Waals surface area (Å²) in [4.78, 5) is 14.5. The summed E-state index contributed by atoms with van der Waals surface area (Å²) >= 11 is 1.39. The summed E-state index contributed by atoms with van der Waals surface area (Å²) in [6.45, 7) is 8.16. The fourth-order valence-corrected chi connectivity index (χ4v) is 4.07. The molecule has 2 atom stereocenters. The first kappa shape index (κ1) is 17.0.